The van der Waals surface area contributed by atoms with Gasteiger partial charge in [-0.3, -0.25) is 0 Å². The Labute approximate surface area is 129 Å². The van der Waals surface area contributed by atoms with Crippen LogP contribution in [0.15, 0.2) is 42.5 Å². The van der Waals surface area contributed by atoms with Gasteiger partial charge in [-0.2, -0.15) is 0 Å². The molecule has 1 atom stereocenters. The largest absolute Gasteiger partial charge is 0.369 e. The van der Waals surface area contributed by atoms with E-state index < -0.39 is 0 Å². The van der Waals surface area contributed by atoms with Crippen molar-refractivity contribution < 1.29 is 4.39 Å². The first kappa shape index (κ1) is 13.4. The first-order chi connectivity index (χ1) is 9.58. The Balaban J connectivity index is 2.21. The number of halogens is 2. The molecular formula is C15H13FIN3. The molecule has 0 saturated heterocycles. The lowest BCUT2D eigenvalue weighted by Gasteiger charge is -2.16. The summed E-state index contributed by atoms with van der Waals surface area (Å²) in [5.41, 5.74) is 8.57. The molecule has 1 aromatic heterocycles. The average molecular weight is 381 g/mol. The number of rotatable bonds is 2. The molecule has 3 rings (SSSR count). The molecular weight excluding hydrogens is 368 g/mol. The predicted molar refractivity (Wildman–Crippen MR) is 87.1 cm³/mol. The monoisotopic (exact) mass is 381 g/mol. The lowest BCUT2D eigenvalue weighted by molar-refractivity contribution is 0.618. The Morgan fingerprint density at radius 3 is 2.65 bits per heavy atom. The SMILES string of the molecule is CC(c1ccccc1)n1c(N)nc2cc(I)c(F)cc21. The molecule has 0 aliphatic rings. The van der Waals surface area contributed by atoms with Gasteiger partial charge in [0.25, 0.3) is 0 Å². The van der Waals surface area contributed by atoms with E-state index in [1.165, 1.54) is 6.07 Å². The minimum Gasteiger partial charge on any atom is -0.369 e. The Bertz CT molecular complexity index is 768. The molecule has 0 fully saturated rings. The molecule has 0 radical (unpaired) electrons. The van der Waals surface area contributed by atoms with E-state index in [0.29, 0.717) is 9.52 Å². The van der Waals surface area contributed by atoms with Crippen LogP contribution in [0.3, 0.4) is 0 Å². The van der Waals surface area contributed by atoms with E-state index in [-0.39, 0.29) is 11.9 Å². The third kappa shape index (κ3) is 2.15. The highest BCUT2D eigenvalue weighted by Crippen LogP contribution is 2.29. The zero-order chi connectivity index (χ0) is 14.3. The van der Waals surface area contributed by atoms with Crippen molar-refractivity contribution in [2.24, 2.45) is 0 Å². The minimum absolute atomic E-state index is 0.000612. The van der Waals surface area contributed by atoms with Gasteiger partial charge in [0.2, 0.25) is 5.95 Å². The van der Waals surface area contributed by atoms with Crippen molar-refractivity contribution in [3.63, 3.8) is 0 Å². The molecule has 0 amide bonds. The summed E-state index contributed by atoms with van der Waals surface area (Å²) in [7, 11) is 0. The number of anilines is 1. The number of imidazole rings is 1. The van der Waals surface area contributed by atoms with Gasteiger partial charge in [-0.25, -0.2) is 9.37 Å². The van der Waals surface area contributed by atoms with Crippen LogP contribution in [-0.4, -0.2) is 9.55 Å². The number of nitrogens with zero attached hydrogens (tertiary/aromatic N) is 2. The summed E-state index contributed by atoms with van der Waals surface area (Å²) in [6, 6.07) is 13.2. The Hall–Kier alpha value is -1.63. The van der Waals surface area contributed by atoms with Crippen molar-refractivity contribution in [3.05, 3.63) is 57.4 Å². The number of hydrogen-bond donors (Lipinski definition) is 1. The van der Waals surface area contributed by atoms with E-state index in [9.17, 15) is 4.39 Å². The molecule has 3 aromatic rings. The maximum atomic E-state index is 13.8. The van der Waals surface area contributed by atoms with Crippen molar-refractivity contribution >= 4 is 39.6 Å². The number of fused-ring (bicyclic) bond motifs is 1. The fraction of sp³-hybridized carbons (Fsp3) is 0.133. The van der Waals surface area contributed by atoms with Crippen molar-refractivity contribution in [2.75, 3.05) is 5.73 Å². The zero-order valence-electron chi connectivity index (χ0n) is 10.8. The van der Waals surface area contributed by atoms with Gasteiger partial charge in [-0.15, -0.1) is 0 Å². The summed E-state index contributed by atoms with van der Waals surface area (Å²) in [4.78, 5) is 4.33. The highest BCUT2D eigenvalue weighted by Gasteiger charge is 2.17. The molecule has 2 aromatic carbocycles. The van der Waals surface area contributed by atoms with E-state index in [4.69, 9.17) is 5.73 Å². The molecule has 1 unspecified atom stereocenters. The number of hydrogen-bond acceptors (Lipinski definition) is 2. The van der Waals surface area contributed by atoms with Crippen LogP contribution in [0.25, 0.3) is 11.0 Å². The second kappa shape index (κ2) is 5.05. The third-order valence-corrected chi connectivity index (χ3v) is 4.25. The Morgan fingerprint density at radius 2 is 1.95 bits per heavy atom. The molecule has 20 heavy (non-hydrogen) atoms. The molecule has 0 aliphatic carbocycles. The second-order valence-corrected chi connectivity index (χ2v) is 5.84. The van der Waals surface area contributed by atoms with Crippen LogP contribution >= 0.6 is 22.6 Å². The molecule has 0 aliphatic heterocycles. The van der Waals surface area contributed by atoms with E-state index in [1.54, 1.807) is 6.07 Å². The number of nitrogen functional groups attached to an aromatic ring is 1. The quantitative estimate of drug-likeness (QED) is 0.683. The van der Waals surface area contributed by atoms with E-state index >= 15 is 0 Å². The number of nitrogens with two attached hydrogens (primary N) is 1. The van der Waals surface area contributed by atoms with Gasteiger partial charge in [0, 0.05) is 6.07 Å². The van der Waals surface area contributed by atoms with Crippen LogP contribution in [0.5, 0.6) is 0 Å². The van der Waals surface area contributed by atoms with Crippen LogP contribution in [-0.2, 0) is 0 Å². The van der Waals surface area contributed by atoms with Crippen molar-refractivity contribution in [1.82, 2.24) is 9.55 Å². The van der Waals surface area contributed by atoms with Crippen LogP contribution in [0, 0.1) is 9.39 Å². The predicted octanol–water partition coefficient (Wildman–Crippen LogP) is 3.97. The normalized spacial score (nSPS) is 12.8. The van der Waals surface area contributed by atoms with E-state index in [2.05, 4.69) is 4.98 Å². The first-order valence-electron chi connectivity index (χ1n) is 6.25. The number of benzene rings is 2. The standard InChI is InChI=1S/C15H13FIN3/c1-9(10-5-3-2-4-6-10)20-14-7-11(16)12(17)8-13(14)19-15(20)18/h2-9H,1H3,(H2,18,19). The summed E-state index contributed by atoms with van der Waals surface area (Å²) < 4.78 is 16.2. The van der Waals surface area contributed by atoms with Gasteiger partial charge in [-0.1, -0.05) is 30.3 Å². The van der Waals surface area contributed by atoms with Gasteiger partial charge in [0.15, 0.2) is 0 Å². The van der Waals surface area contributed by atoms with Gasteiger partial charge >= 0.3 is 0 Å². The second-order valence-electron chi connectivity index (χ2n) is 4.68. The first-order valence-corrected chi connectivity index (χ1v) is 7.33. The molecule has 1 heterocycles. The molecule has 5 heteroatoms. The number of aromatic nitrogens is 2. The molecule has 0 saturated carbocycles. The Kier molecular flexibility index (Phi) is 3.37. The highest BCUT2D eigenvalue weighted by molar-refractivity contribution is 14.1. The molecule has 3 nitrogen and oxygen atoms in total. The lowest BCUT2D eigenvalue weighted by atomic mass is 10.1. The van der Waals surface area contributed by atoms with Crippen LogP contribution in [0.4, 0.5) is 10.3 Å². The van der Waals surface area contributed by atoms with Crippen LogP contribution < -0.4 is 5.73 Å². The summed E-state index contributed by atoms with van der Waals surface area (Å²) in [6.45, 7) is 2.03. The topological polar surface area (TPSA) is 43.8 Å². The summed E-state index contributed by atoms with van der Waals surface area (Å²) in [5.74, 6) is 0.150. The van der Waals surface area contributed by atoms with E-state index in [0.717, 1.165) is 16.6 Å². The lowest BCUT2D eigenvalue weighted by Crippen LogP contribution is -2.10. The maximum Gasteiger partial charge on any atom is 0.201 e. The van der Waals surface area contributed by atoms with Gasteiger partial charge in [0.1, 0.15) is 5.82 Å². The smallest absolute Gasteiger partial charge is 0.201 e. The van der Waals surface area contributed by atoms with Crippen molar-refractivity contribution in [3.8, 4) is 0 Å². The fourth-order valence-corrected chi connectivity index (χ4v) is 2.85. The Morgan fingerprint density at radius 1 is 1.25 bits per heavy atom. The summed E-state index contributed by atoms with van der Waals surface area (Å²) in [5, 5.41) is 0. The average Bonchev–Trinajstić information content (AvgIpc) is 2.75. The third-order valence-electron chi connectivity index (χ3n) is 3.43. The van der Waals surface area contributed by atoms with Crippen molar-refractivity contribution in [2.45, 2.75) is 13.0 Å². The van der Waals surface area contributed by atoms with Crippen molar-refractivity contribution in [1.29, 1.82) is 0 Å². The van der Waals surface area contributed by atoms with Gasteiger partial charge in [-0.05, 0) is 41.1 Å². The minimum atomic E-state index is -0.250. The molecule has 2 N–H and O–H groups in total. The van der Waals surface area contributed by atoms with Gasteiger partial charge in [0.05, 0.1) is 20.6 Å². The molecule has 0 spiro atoms. The van der Waals surface area contributed by atoms with Crippen LogP contribution in [0.1, 0.15) is 18.5 Å². The fourth-order valence-electron chi connectivity index (χ4n) is 2.40. The highest BCUT2D eigenvalue weighted by atomic mass is 127. The summed E-state index contributed by atoms with van der Waals surface area (Å²) >= 11 is 1.96. The van der Waals surface area contributed by atoms with E-state index in [1.807, 2.05) is 64.4 Å². The molecule has 0 bridgehead atoms. The maximum absolute atomic E-state index is 13.8. The van der Waals surface area contributed by atoms with Gasteiger partial charge < -0.3 is 10.3 Å². The van der Waals surface area contributed by atoms with Crippen LogP contribution in [0.2, 0.25) is 0 Å². The summed E-state index contributed by atoms with van der Waals surface area (Å²) in [6.07, 6.45) is 0. The zero-order valence-corrected chi connectivity index (χ0v) is 13.0. The molecule has 102 valence electrons.